The summed E-state index contributed by atoms with van der Waals surface area (Å²) in [6.07, 6.45) is 4.81. The smallest absolute Gasteiger partial charge is 0.227 e. The molecule has 3 atom stereocenters. The van der Waals surface area contributed by atoms with E-state index in [0.717, 1.165) is 18.7 Å². The second kappa shape index (κ2) is 4.10. The Bertz CT molecular complexity index is 404. The molecule has 92 valence electrons. The quantitative estimate of drug-likeness (QED) is 0.767. The van der Waals surface area contributed by atoms with Gasteiger partial charge in [-0.15, -0.1) is 0 Å². The number of rotatable bonds is 3. The van der Waals surface area contributed by atoms with Crippen LogP contribution in [0.3, 0.4) is 0 Å². The number of nitrogens with one attached hydrogen (secondary N) is 2. The predicted molar refractivity (Wildman–Crippen MR) is 60.9 cm³/mol. The lowest BCUT2D eigenvalue weighted by molar-refractivity contribution is -0.135. The molecule has 17 heavy (non-hydrogen) atoms. The Balaban J connectivity index is 1.62. The molecule has 1 aromatic heterocycles. The molecule has 3 rings (SSSR count). The number of aromatic nitrogens is 3. The normalized spacial score (nSPS) is 30.8. The van der Waals surface area contributed by atoms with Crippen LogP contribution in [-0.4, -0.2) is 45.1 Å². The Morgan fingerprint density at radius 2 is 2.47 bits per heavy atom. The highest BCUT2D eigenvalue weighted by atomic mass is 16.2. The van der Waals surface area contributed by atoms with Crippen LogP contribution in [0.5, 0.6) is 0 Å². The summed E-state index contributed by atoms with van der Waals surface area (Å²) in [5.41, 5.74) is 0. The minimum Gasteiger partial charge on any atom is -0.338 e. The van der Waals surface area contributed by atoms with Crippen molar-refractivity contribution in [3.05, 3.63) is 12.2 Å². The van der Waals surface area contributed by atoms with Gasteiger partial charge in [-0.2, -0.15) is 5.10 Å². The van der Waals surface area contributed by atoms with Crippen molar-refractivity contribution in [1.82, 2.24) is 25.4 Å². The molecule has 0 aliphatic carbocycles. The molecule has 1 aromatic rings. The van der Waals surface area contributed by atoms with Crippen LogP contribution in [0.1, 0.15) is 25.1 Å². The van der Waals surface area contributed by atoms with E-state index in [1.807, 2.05) is 7.05 Å². The molecule has 2 fully saturated rings. The minimum atomic E-state index is 0.154. The third kappa shape index (κ3) is 1.93. The number of carbonyl (C=O) groups is 1. The fraction of sp³-hybridized carbons (Fsp3) is 0.727. The van der Waals surface area contributed by atoms with Crippen molar-refractivity contribution in [1.29, 1.82) is 0 Å². The van der Waals surface area contributed by atoms with Gasteiger partial charge in [0.1, 0.15) is 12.2 Å². The summed E-state index contributed by atoms with van der Waals surface area (Å²) < 4.78 is 0. The number of carbonyl (C=O) groups excluding carboxylic acids is 1. The van der Waals surface area contributed by atoms with Crippen molar-refractivity contribution in [2.75, 3.05) is 7.05 Å². The largest absolute Gasteiger partial charge is 0.338 e. The summed E-state index contributed by atoms with van der Waals surface area (Å²) in [5, 5.41) is 10.0. The van der Waals surface area contributed by atoms with Gasteiger partial charge in [-0.1, -0.05) is 0 Å². The van der Waals surface area contributed by atoms with Crippen molar-refractivity contribution in [3.63, 3.8) is 0 Å². The number of nitrogens with zero attached hydrogens (tertiary/aromatic N) is 3. The lowest BCUT2D eigenvalue weighted by Crippen LogP contribution is -2.38. The Labute approximate surface area is 99.8 Å². The van der Waals surface area contributed by atoms with Gasteiger partial charge in [0.05, 0.1) is 12.5 Å². The first-order valence-electron chi connectivity index (χ1n) is 6.09. The van der Waals surface area contributed by atoms with Crippen molar-refractivity contribution < 1.29 is 4.79 Å². The first-order chi connectivity index (χ1) is 8.24. The summed E-state index contributed by atoms with van der Waals surface area (Å²) >= 11 is 0. The second-order valence-electron chi connectivity index (χ2n) is 5.02. The van der Waals surface area contributed by atoms with Gasteiger partial charge in [0.15, 0.2) is 0 Å². The first-order valence-corrected chi connectivity index (χ1v) is 6.09. The van der Waals surface area contributed by atoms with E-state index in [2.05, 4.69) is 20.5 Å². The number of hydrogen-bond acceptors (Lipinski definition) is 4. The molecule has 6 heteroatoms. The summed E-state index contributed by atoms with van der Waals surface area (Å²) in [6.45, 7) is 0.507. The van der Waals surface area contributed by atoms with Crippen molar-refractivity contribution >= 4 is 5.91 Å². The van der Waals surface area contributed by atoms with Crippen LogP contribution in [0.4, 0.5) is 0 Å². The number of aromatic amines is 1. The monoisotopic (exact) mass is 235 g/mol. The summed E-state index contributed by atoms with van der Waals surface area (Å²) in [7, 11) is 1.83. The summed E-state index contributed by atoms with van der Waals surface area (Å²) in [6, 6.07) is 0.956. The zero-order chi connectivity index (χ0) is 11.8. The van der Waals surface area contributed by atoms with Gasteiger partial charge in [0, 0.05) is 19.1 Å². The van der Waals surface area contributed by atoms with E-state index in [1.165, 1.54) is 12.7 Å². The molecule has 2 N–H and O–H groups in total. The third-order valence-corrected chi connectivity index (χ3v) is 3.85. The number of amides is 1. The second-order valence-corrected chi connectivity index (χ2v) is 5.02. The number of fused-ring (bicyclic) bond motifs is 2. The van der Waals surface area contributed by atoms with Gasteiger partial charge in [0.25, 0.3) is 0 Å². The topological polar surface area (TPSA) is 73.9 Å². The van der Waals surface area contributed by atoms with Gasteiger partial charge in [-0.25, -0.2) is 4.98 Å². The van der Waals surface area contributed by atoms with Gasteiger partial charge in [-0.05, 0) is 19.3 Å². The molecule has 0 saturated carbocycles. The predicted octanol–water partition coefficient (Wildman–Crippen LogP) is -0.0964. The molecule has 2 saturated heterocycles. The third-order valence-electron chi connectivity index (χ3n) is 3.85. The Hall–Kier alpha value is -1.43. The molecule has 3 heterocycles. The van der Waals surface area contributed by atoms with Gasteiger partial charge < -0.3 is 10.2 Å². The summed E-state index contributed by atoms with van der Waals surface area (Å²) in [4.78, 5) is 18.1. The van der Waals surface area contributed by atoms with E-state index in [9.17, 15) is 4.79 Å². The SMILES string of the molecule is CN(Cc1ncn[nH]1)C(=O)C1CC2CCC1N2. The minimum absolute atomic E-state index is 0.154. The molecule has 0 radical (unpaired) electrons. The molecular formula is C11H17N5O. The van der Waals surface area contributed by atoms with E-state index < -0.39 is 0 Å². The maximum atomic E-state index is 12.3. The molecule has 1 amide bonds. The van der Waals surface area contributed by atoms with E-state index in [-0.39, 0.29) is 11.8 Å². The molecule has 6 nitrogen and oxygen atoms in total. The van der Waals surface area contributed by atoms with E-state index in [4.69, 9.17) is 0 Å². The molecule has 0 aromatic carbocycles. The molecule has 2 bridgehead atoms. The lowest BCUT2D eigenvalue weighted by atomic mass is 9.88. The van der Waals surface area contributed by atoms with Crippen LogP contribution < -0.4 is 5.32 Å². The highest BCUT2D eigenvalue weighted by Gasteiger charge is 2.43. The molecule has 3 unspecified atom stereocenters. The average molecular weight is 235 g/mol. The maximum absolute atomic E-state index is 12.3. The number of hydrogen-bond donors (Lipinski definition) is 2. The van der Waals surface area contributed by atoms with E-state index in [0.29, 0.717) is 18.6 Å². The van der Waals surface area contributed by atoms with Crippen molar-refractivity contribution in [2.45, 2.75) is 37.9 Å². The van der Waals surface area contributed by atoms with Crippen LogP contribution in [0.2, 0.25) is 0 Å². The highest BCUT2D eigenvalue weighted by molar-refractivity contribution is 5.80. The fourth-order valence-electron chi connectivity index (χ4n) is 2.99. The average Bonchev–Trinajstić information content (AvgIpc) is 3.04. The van der Waals surface area contributed by atoms with E-state index in [1.54, 1.807) is 4.90 Å². The standard InChI is InChI=1S/C11H17N5O/c1-16(5-10-12-6-13-15-10)11(17)8-4-7-2-3-9(8)14-7/h6-9,14H,2-5H2,1H3,(H,12,13,15). The van der Waals surface area contributed by atoms with Crippen molar-refractivity contribution in [2.24, 2.45) is 5.92 Å². The molecular weight excluding hydrogens is 218 g/mol. The maximum Gasteiger partial charge on any atom is 0.227 e. The molecule has 2 aliphatic heterocycles. The van der Waals surface area contributed by atoms with Crippen LogP contribution in [-0.2, 0) is 11.3 Å². The van der Waals surface area contributed by atoms with Crippen LogP contribution in [0, 0.1) is 5.92 Å². The van der Waals surface area contributed by atoms with Crippen LogP contribution >= 0.6 is 0 Å². The lowest BCUT2D eigenvalue weighted by Gasteiger charge is -2.24. The fourth-order valence-corrected chi connectivity index (χ4v) is 2.99. The number of H-pyrrole nitrogens is 1. The summed E-state index contributed by atoms with van der Waals surface area (Å²) in [5.74, 6) is 1.11. The molecule has 2 aliphatic rings. The van der Waals surface area contributed by atoms with Crippen LogP contribution in [0.25, 0.3) is 0 Å². The first kappa shape index (κ1) is 10.7. The van der Waals surface area contributed by atoms with Gasteiger partial charge in [0.2, 0.25) is 5.91 Å². The van der Waals surface area contributed by atoms with Crippen LogP contribution in [0.15, 0.2) is 6.33 Å². The Kier molecular flexibility index (Phi) is 2.58. The Morgan fingerprint density at radius 3 is 3.06 bits per heavy atom. The van der Waals surface area contributed by atoms with Gasteiger partial charge >= 0.3 is 0 Å². The van der Waals surface area contributed by atoms with Gasteiger partial charge in [-0.3, -0.25) is 9.89 Å². The highest BCUT2D eigenvalue weighted by Crippen LogP contribution is 2.34. The van der Waals surface area contributed by atoms with Crippen molar-refractivity contribution in [3.8, 4) is 0 Å². The van der Waals surface area contributed by atoms with E-state index >= 15 is 0 Å². The zero-order valence-corrected chi connectivity index (χ0v) is 9.89. The zero-order valence-electron chi connectivity index (χ0n) is 9.89. The molecule has 0 spiro atoms. The Morgan fingerprint density at radius 1 is 1.59 bits per heavy atom.